The quantitative estimate of drug-likeness (QED) is 0.851. The molecule has 0 bridgehead atoms. The number of carbonyl (C=O) groups excluding carboxylic acids is 1. The van der Waals surface area contributed by atoms with E-state index in [4.69, 9.17) is 16.3 Å². The highest BCUT2D eigenvalue weighted by molar-refractivity contribution is 6.37. The van der Waals surface area contributed by atoms with E-state index < -0.39 is 11.7 Å². The van der Waals surface area contributed by atoms with Gasteiger partial charge >= 0.3 is 6.09 Å². The summed E-state index contributed by atoms with van der Waals surface area (Å²) in [5.74, 6) is 0. The molecule has 0 aliphatic rings. The van der Waals surface area contributed by atoms with Gasteiger partial charge in [-0.1, -0.05) is 17.7 Å². The van der Waals surface area contributed by atoms with Crippen LogP contribution in [0.1, 0.15) is 20.8 Å². The lowest BCUT2D eigenvalue weighted by Gasteiger charge is -2.20. The summed E-state index contributed by atoms with van der Waals surface area (Å²) in [5.41, 5.74) is 1.08. The second-order valence-electron chi connectivity index (χ2n) is 5.41. The summed E-state index contributed by atoms with van der Waals surface area (Å²) in [5, 5.41) is 4.15. The summed E-state index contributed by atoms with van der Waals surface area (Å²) >= 11 is 6.19. The maximum atomic E-state index is 11.8. The largest absolute Gasteiger partial charge is 0.444 e. The van der Waals surface area contributed by atoms with Crippen LogP contribution in [0.4, 0.5) is 10.5 Å². The zero-order valence-corrected chi connectivity index (χ0v) is 12.2. The molecule has 0 atom stereocenters. The number of carbonyl (C=O) groups is 1. The monoisotopic (exact) mass is 280 g/mol. The van der Waals surface area contributed by atoms with Gasteiger partial charge in [-0.25, -0.2) is 4.79 Å². The van der Waals surface area contributed by atoms with Gasteiger partial charge in [-0.15, -0.1) is 0 Å². The Morgan fingerprint density at radius 2 is 2.05 bits per heavy atom. The first-order valence-electron chi connectivity index (χ1n) is 6.01. The van der Waals surface area contributed by atoms with Crippen molar-refractivity contribution in [1.82, 2.24) is 4.57 Å². The third-order valence-corrected chi connectivity index (χ3v) is 2.89. The molecular weight excluding hydrogens is 264 g/mol. The molecule has 0 fully saturated rings. The predicted octanol–water partition coefficient (Wildman–Crippen LogP) is 4.18. The van der Waals surface area contributed by atoms with Crippen molar-refractivity contribution in [3.05, 3.63) is 29.4 Å². The SMILES string of the molecule is Cn1cc(Cl)c2c(NC(=O)OC(C)(C)C)cccc21. The van der Waals surface area contributed by atoms with E-state index in [-0.39, 0.29) is 0 Å². The molecule has 0 aliphatic carbocycles. The van der Waals surface area contributed by atoms with Crippen LogP contribution in [-0.4, -0.2) is 16.3 Å². The minimum absolute atomic E-state index is 0.486. The van der Waals surface area contributed by atoms with Crippen LogP contribution in [0.3, 0.4) is 0 Å². The van der Waals surface area contributed by atoms with Crippen molar-refractivity contribution in [2.24, 2.45) is 7.05 Å². The van der Waals surface area contributed by atoms with E-state index in [1.165, 1.54) is 0 Å². The van der Waals surface area contributed by atoms with E-state index in [9.17, 15) is 4.79 Å². The maximum Gasteiger partial charge on any atom is 0.412 e. The highest BCUT2D eigenvalue weighted by Gasteiger charge is 2.18. The Bertz CT molecular complexity index is 626. The van der Waals surface area contributed by atoms with E-state index in [0.29, 0.717) is 10.7 Å². The number of fused-ring (bicyclic) bond motifs is 1. The second-order valence-corrected chi connectivity index (χ2v) is 5.82. The molecule has 4 nitrogen and oxygen atoms in total. The van der Waals surface area contributed by atoms with Gasteiger partial charge in [-0.2, -0.15) is 0 Å². The Kier molecular flexibility index (Phi) is 3.45. The average Bonchev–Trinajstić information content (AvgIpc) is 2.53. The van der Waals surface area contributed by atoms with Crippen LogP contribution in [0.2, 0.25) is 5.02 Å². The average molecular weight is 281 g/mol. The Morgan fingerprint density at radius 1 is 1.37 bits per heavy atom. The lowest BCUT2D eigenvalue weighted by molar-refractivity contribution is 0.0636. The number of anilines is 1. The van der Waals surface area contributed by atoms with E-state index in [0.717, 1.165) is 10.9 Å². The first-order chi connectivity index (χ1) is 8.78. The number of hydrogen-bond acceptors (Lipinski definition) is 2. The van der Waals surface area contributed by atoms with Gasteiger partial charge in [-0.3, -0.25) is 5.32 Å². The van der Waals surface area contributed by atoms with Gasteiger partial charge in [-0.05, 0) is 32.9 Å². The van der Waals surface area contributed by atoms with E-state index >= 15 is 0 Å². The number of hydrogen-bond donors (Lipinski definition) is 1. The predicted molar refractivity (Wildman–Crippen MR) is 77.8 cm³/mol. The molecule has 1 N–H and O–H groups in total. The maximum absolute atomic E-state index is 11.8. The molecule has 0 unspecified atom stereocenters. The van der Waals surface area contributed by atoms with E-state index in [1.807, 2.05) is 50.7 Å². The highest BCUT2D eigenvalue weighted by atomic mass is 35.5. The van der Waals surface area contributed by atoms with Gasteiger partial charge in [0.25, 0.3) is 0 Å². The molecule has 5 heteroatoms. The molecular formula is C14H17ClN2O2. The van der Waals surface area contributed by atoms with Crippen LogP contribution in [0.25, 0.3) is 10.9 Å². The standard InChI is InChI=1S/C14H17ClN2O2/c1-14(2,3)19-13(18)16-10-6-5-7-11-12(10)9(15)8-17(11)4/h5-8H,1-4H3,(H,16,18). The summed E-state index contributed by atoms with van der Waals surface area (Å²) in [6.07, 6.45) is 1.33. The topological polar surface area (TPSA) is 43.3 Å². The first kappa shape index (κ1) is 13.7. The van der Waals surface area contributed by atoms with Crippen molar-refractivity contribution in [1.29, 1.82) is 0 Å². The molecule has 1 heterocycles. The van der Waals surface area contributed by atoms with Crippen LogP contribution < -0.4 is 5.32 Å². The summed E-state index contributed by atoms with van der Waals surface area (Å²) in [6.45, 7) is 5.47. The van der Waals surface area contributed by atoms with Crippen LogP contribution >= 0.6 is 11.6 Å². The molecule has 19 heavy (non-hydrogen) atoms. The van der Waals surface area contributed by atoms with Crippen LogP contribution in [0.15, 0.2) is 24.4 Å². The number of ether oxygens (including phenoxy) is 1. The molecule has 0 saturated heterocycles. The Hall–Kier alpha value is -1.68. The van der Waals surface area contributed by atoms with Crippen LogP contribution in [-0.2, 0) is 11.8 Å². The third kappa shape index (κ3) is 3.01. The Morgan fingerprint density at radius 3 is 2.68 bits per heavy atom. The fourth-order valence-corrected chi connectivity index (χ4v) is 2.25. The summed E-state index contributed by atoms with van der Waals surface area (Å²) in [7, 11) is 1.91. The lowest BCUT2D eigenvalue weighted by Crippen LogP contribution is -2.27. The third-order valence-electron chi connectivity index (χ3n) is 2.60. The molecule has 1 amide bonds. The number of nitrogens with one attached hydrogen (secondary N) is 1. The Balaban J connectivity index is 2.33. The van der Waals surface area contributed by atoms with Gasteiger partial charge in [0.1, 0.15) is 5.60 Å². The van der Waals surface area contributed by atoms with E-state index in [2.05, 4.69) is 5.32 Å². The van der Waals surface area contributed by atoms with Crippen molar-refractivity contribution < 1.29 is 9.53 Å². The normalized spacial score (nSPS) is 11.6. The zero-order chi connectivity index (χ0) is 14.2. The number of aryl methyl sites for hydroxylation is 1. The molecule has 0 spiro atoms. The van der Waals surface area contributed by atoms with Crippen LogP contribution in [0, 0.1) is 0 Å². The van der Waals surface area contributed by atoms with Gasteiger partial charge in [0.15, 0.2) is 0 Å². The minimum Gasteiger partial charge on any atom is -0.444 e. The fourth-order valence-electron chi connectivity index (χ4n) is 1.91. The number of benzene rings is 1. The number of amides is 1. The van der Waals surface area contributed by atoms with E-state index in [1.54, 1.807) is 6.07 Å². The fraction of sp³-hybridized carbons (Fsp3) is 0.357. The molecule has 102 valence electrons. The number of rotatable bonds is 1. The van der Waals surface area contributed by atoms with Gasteiger partial charge < -0.3 is 9.30 Å². The molecule has 1 aromatic heterocycles. The van der Waals surface area contributed by atoms with Crippen LogP contribution in [0.5, 0.6) is 0 Å². The first-order valence-corrected chi connectivity index (χ1v) is 6.39. The van der Waals surface area contributed by atoms with Gasteiger partial charge in [0.2, 0.25) is 0 Å². The van der Waals surface area contributed by atoms with Crippen molar-refractivity contribution in [2.75, 3.05) is 5.32 Å². The Labute approximate surface area is 117 Å². The summed E-state index contributed by atoms with van der Waals surface area (Å²) < 4.78 is 7.15. The smallest absolute Gasteiger partial charge is 0.412 e. The van der Waals surface area contributed by atoms with Gasteiger partial charge in [0.05, 0.1) is 16.2 Å². The molecule has 0 aliphatic heterocycles. The minimum atomic E-state index is -0.529. The second kappa shape index (κ2) is 4.78. The van der Waals surface area contributed by atoms with Crippen molar-refractivity contribution in [2.45, 2.75) is 26.4 Å². The summed E-state index contributed by atoms with van der Waals surface area (Å²) in [4.78, 5) is 11.8. The molecule has 1 aromatic carbocycles. The van der Waals surface area contributed by atoms with Crippen molar-refractivity contribution in [3.63, 3.8) is 0 Å². The highest BCUT2D eigenvalue weighted by Crippen LogP contribution is 2.31. The molecule has 2 aromatic rings. The summed E-state index contributed by atoms with van der Waals surface area (Å²) in [6, 6.07) is 5.62. The lowest BCUT2D eigenvalue weighted by atomic mass is 10.2. The number of aromatic nitrogens is 1. The van der Waals surface area contributed by atoms with Crippen molar-refractivity contribution >= 4 is 34.3 Å². The zero-order valence-electron chi connectivity index (χ0n) is 11.5. The molecule has 0 radical (unpaired) electrons. The molecule has 0 saturated carbocycles. The van der Waals surface area contributed by atoms with Crippen molar-refractivity contribution in [3.8, 4) is 0 Å². The van der Waals surface area contributed by atoms with Gasteiger partial charge in [0, 0.05) is 18.6 Å². The number of halogens is 1. The number of nitrogens with zero attached hydrogens (tertiary/aromatic N) is 1. The molecule has 2 rings (SSSR count).